The summed E-state index contributed by atoms with van der Waals surface area (Å²) in [7, 11) is 0. The Bertz CT molecular complexity index is 488. The lowest BCUT2D eigenvalue weighted by atomic mass is 10.2. The molecule has 0 saturated carbocycles. The third-order valence-corrected chi connectivity index (χ3v) is 3.27. The van der Waals surface area contributed by atoms with Gasteiger partial charge in [-0.15, -0.1) is 0 Å². The molecule has 7 heteroatoms. The van der Waals surface area contributed by atoms with E-state index in [1.807, 2.05) is 28.7 Å². The van der Waals surface area contributed by atoms with Gasteiger partial charge in [0, 0.05) is 6.07 Å². The van der Waals surface area contributed by atoms with Crippen molar-refractivity contribution < 1.29 is 9.66 Å². The average Bonchev–Trinajstić information content (AvgIpc) is 2.35. The minimum atomic E-state index is -0.531. The van der Waals surface area contributed by atoms with Crippen LogP contribution in [-0.2, 0) is 0 Å². The summed E-state index contributed by atoms with van der Waals surface area (Å²) in [6.45, 7) is 0.406. The van der Waals surface area contributed by atoms with Gasteiger partial charge in [-0.3, -0.25) is 10.1 Å². The Labute approximate surface area is 124 Å². The Balaban J connectivity index is 2.95. The van der Waals surface area contributed by atoms with Crippen molar-refractivity contribution in [3.63, 3.8) is 0 Å². The van der Waals surface area contributed by atoms with E-state index in [0.29, 0.717) is 10.2 Å². The van der Waals surface area contributed by atoms with Gasteiger partial charge in [-0.25, -0.2) is 0 Å². The summed E-state index contributed by atoms with van der Waals surface area (Å²) >= 11 is 6.01. The summed E-state index contributed by atoms with van der Waals surface area (Å²) in [6, 6.07) is 4.69. The second-order valence-corrected chi connectivity index (χ2v) is 5.06. The van der Waals surface area contributed by atoms with Crippen molar-refractivity contribution in [2.24, 2.45) is 0 Å². The fourth-order valence-electron chi connectivity index (χ4n) is 1.31. The highest BCUT2D eigenvalue weighted by molar-refractivity contribution is 14.1. The van der Waals surface area contributed by atoms with Gasteiger partial charge in [-0.05, 0) is 47.3 Å². The molecule has 18 heavy (non-hydrogen) atoms. The van der Waals surface area contributed by atoms with Crippen LogP contribution in [0.4, 0.5) is 5.69 Å². The van der Waals surface area contributed by atoms with E-state index >= 15 is 0 Å². The number of nitro groups is 1. The lowest BCUT2D eigenvalue weighted by Crippen LogP contribution is -2.03. The summed E-state index contributed by atoms with van der Waals surface area (Å²) in [4.78, 5) is 10.4. The predicted molar refractivity (Wildman–Crippen MR) is 79.1 cm³/mol. The minimum absolute atomic E-state index is 0.163. The number of rotatable bonds is 6. The van der Waals surface area contributed by atoms with Gasteiger partial charge in [0.2, 0.25) is 5.75 Å². The second-order valence-electron chi connectivity index (χ2n) is 3.45. The van der Waals surface area contributed by atoms with Crippen LogP contribution < -0.4 is 4.74 Å². The molecule has 1 rings (SSSR count). The second kappa shape index (κ2) is 7.43. The number of benzene rings is 1. The summed E-state index contributed by atoms with van der Waals surface area (Å²) in [5.74, 6) is 0.995. The molecule has 0 fully saturated rings. The molecule has 0 bridgehead atoms. The first kappa shape index (κ1) is 15.0. The fraction of sp³-hybridized carbons (Fsp3) is 0.364. The number of hydrogen-bond acceptors (Lipinski definition) is 5. The molecule has 1 aromatic rings. The van der Waals surface area contributed by atoms with E-state index in [4.69, 9.17) is 10.00 Å². The Kier molecular flexibility index (Phi) is 6.21. The van der Waals surface area contributed by atoms with Crippen LogP contribution in [0.25, 0.3) is 0 Å². The Morgan fingerprint density at radius 1 is 1.50 bits per heavy atom. The molecule has 0 spiro atoms. The largest absolute Gasteiger partial charge is 0.486 e. The molecule has 0 N–H and O–H groups in total. The molecule has 0 aromatic heterocycles. The third kappa shape index (κ3) is 4.03. The Hall–Kier alpha value is -1.01. The van der Waals surface area contributed by atoms with Crippen molar-refractivity contribution in [1.82, 2.24) is 0 Å². The molecule has 0 atom stereocenters. The number of thiol groups is 1. The first-order valence-electron chi connectivity index (χ1n) is 5.22. The minimum Gasteiger partial charge on any atom is -0.486 e. The van der Waals surface area contributed by atoms with E-state index in [9.17, 15) is 10.1 Å². The standard InChI is InChI=1S/C11H11IN2O3S/c12-9-5-8(7-13)6-10(14(15)16)11(9)17-3-1-2-4-18/h5-6,18H,1-4H2. The van der Waals surface area contributed by atoms with Crippen molar-refractivity contribution in [1.29, 1.82) is 5.26 Å². The highest BCUT2D eigenvalue weighted by Gasteiger charge is 2.20. The van der Waals surface area contributed by atoms with Gasteiger partial charge >= 0.3 is 5.69 Å². The van der Waals surface area contributed by atoms with Crippen molar-refractivity contribution in [2.75, 3.05) is 12.4 Å². The highest BCUT2D eigenvalue weighted by Crippen LogP contribution is 2.33. The molecule has 5 nitrogen and oxygen atoms in total. The van der Waals surface area contributed by atoms with Gasteiger partial charge in [0.05, 0.1) is 26.7 Å². The van der Waals surface area contributed by atoms with E-state index in [1.165, 1.54) is 6.07 Å². The van der Waals surface area contributed by atoms with Crippen LogP contribution in [0.15, 0.2) is 12.1 Å². The summed E-state index contributed by atoms with van der Waals surface area (Å²) in [5.41, 5.74) is 0.0955. The van der Waals surface area contributed by atoms with Crippen molar-refractivity contribution in [3.05, 3.63) is 31.4 Å². The van der Waals surface area contributed by atoms with Gasteiger partial charge < -0.3 is 4.74 Å². The zero-order valence-corrected chi connectivity index (χ0v) is 12.5. The van der Waals surface area contributed by atoms with Gasteiger partial charge in [0.25, 0.3) is 0 Å². The number of ether oxygens (including phenoxy) is 1. The van der Waals surface area contributed by atoms with Crippen LogP contribution in [0.1, 0.15) is 18.4 Å². The number of nitriles is 1. The molecular weight excluding hydrogens is 367 g/mol. The maximum atomic E-state index is 10.9. The summed E-state index contributed by atoms with van der Waals surface area (Å²) in [6.07, 6.45) is 1.68. The van der Waals surface area contributed by atoms with E-state index < -0.39 is 4.92 Å². The molecule has 0 unspecified atom stereocenters. The maximum Gasteiger partial charge on any atom is 0.313 e. The van der Waals surface area contributed by atoms with Gasteiger partial charge in [0.15, 0.2) is 0 Å². The number of unbranched alkanes of at least 4 members (excludes halogenated alkanes) is 1. The quantitative estimate of drug-likeness (QED) is 0.271. The lowest BCUT2D eigenvalue weighted by Gasteiger charge is -2.08. The summed E-state index contributed by atoms with van der Waals surface area (Å²) in [5, 5.41) is 19.7. The van der Waals surface area contributed by atoms with Crippen LogP contribution in [0.3, 0.4) is 0 Å². The molecule has 0 aliphatic rings. The molecule has 0 radical (unpaired) electrons. The molecule has 1 aromatic carbocycles. The van der Waals surface area contributed by atoms with Crippen molar-refractivity contribution in [2.45, 2.75) is 12.8 Å². The van der Waals surface area contributed by atoms with Gasteiger partial charge in [-0.1, -0.05) is 0 Å². The lowest BCUT2D eigenvalue weighted by molar-refractivity contribution is -0.386. The zero-order chi connectivity index (χ0) is 13.5. The van der Waals surface area contributed by atoms with Gasteiger partial charge in [-0.2, -0.15) is 17.9 Å². The normalized spacial score (nSPS) is 9.83. The van der Waals surface area contributed by atoms with E-state index in [1.54, 1.807) is 6.07 Å². The van der Waals surface area contributed by atoms with Gasteiger partial charge in [0.1, 0.15) is 0 Å². The molecule has 0 heterocycles. The van der Waals surface area contributed by atoms with Crippen LogP contribution in [-0.4, -0.2) is 17.3 Å². The van der Waals surface area contributed by atoms with E-state index in [0.717, 1.165) is 18.6 Å². The summed E-state index contributed by atoms with van der Waals surface area (Å²) < 4.78 is 6.01. The van der Waals surface area contributed by atoms with Crippen molar-refractivity contribution in [3.8, 4) is 11.8 Å². The van der Waals surface area contributed by atoms with Crippen LogP contribution in [0.5, 0.6) is 5.75 Å². The highest BCUT2D eigenvalue weighted by atomic mass is 127. The molecule has 0 aliphatic heterocycles. The van der Waals surface area contributed by atoms with E-state index in [-0.39, 0.29) is 17.0 Å². The molecular formula is C11H11IN2O3S. The van der Waals surface area contributed by atoms with Crippen molar-refractivity contribution >= 4 is 40.9 Å². The number of hydrogen-bond donors (Lipinski definition) is 1. The smallest absolute Gasteiger partial charge is 0.313 e. The van der Waals surface area contributed by atoms with Crippen LogP contribution in [0, 0.1) is 25.0 Å². The number of nitrogens with zero attached hydrogens (tertiary/aromatic N) is 2. The number of nitro benzene ring substituents is 1. The average molecular weight is 378 g/mol. The topological polar surface area (TPSA) is 76.2 Å². The van der Waals surface area contributed by atoms with Crippen LogP contribution >= 0.6 is 35.2 Å². The molecule has 0 aliphatic carbocycles. The monoisotopic (exact) mass is 378 g/mol. The number of halogens is 1. The van der Waals surface area contributed by atoms with E-state index in [2.05, 4.69) is 12.6 Å². The fourth-order valence-corrected chi connectivity index (χ4v) is 2.30. The molecule has 96 valence electrons. The SMILES string of the molecule is N#Cc1cc(I)c(OCCCCS)c([N+](=O)[O-])c1. The molecule has 0 saturated heterocycles. The zero-order valence-electron chi connectivity index (χ0n) is 9.43. The Morgan fingerprint density at radius 2 is 2.22 bits per heavy atom. The third-order valence-electron chi connectivity index (χ3n) is 2.15. The maximum absolute atomic E-state index is 10.9. The first-order valence-corrected chi connectivity index (χ1v) is 6.93. The predicted octanol–water partition coefficient (Wildman–Crippen LogP) is 3.16. The molecule has 0 amide bonds. The van der Waals surface area contributed by atoms with Crippen LogP contribution in [0.2, 0.25) is 0 Å². The Morgan fingerprint density at radius 3 is 2.78 bits per heavy atom. The first-order chi connectivity index (χ1) is 8.60.